The smallest absolute Gasteiger partial charge is 0.0455 e. The Balaban J connectivity index is 2.12. The summed E-state index contributed by atoms with van der Waals surface area (Å²) in [5.74, 6) is 0. The van der Waals surface area contributed by atoms with Crippen molar-refractivity contribution in [2.75, 3.05) is 5.32 Å². The number of hydrogen-bond donors (Lipinski definition) is 1. The van der Waals surface area contributed by atoms with E-state index in [0.29, 0.717) is 0 Å². The first-order chi connectivity index (χ1) is 8.16. The van der Waals surface area contributed by atoms with Crippen LogP contribution in [0.5, 0.6) is 0 Å². The lowest BCUT2D eigenvalue weighted by Gasteiger charge is -2.11. The van der Waals surface area contributed by atoms with Crippen molar-refractivity contribution in [3.05, 3.63) is 64.2 Å². The highest BCUT2D eigenvalue weighted by molar-refractivity contribution is 6.31. The van der Waals surface area contributed by atoms with Crippen molar-refractivity contribution >= 4 is 17.3 Å². The van der Waals surface area contributed by atoms with Gasteiger partial charge in [0.05, 0.1) is 0 Å². The lowest BCUT2D eigenvalue weighted by molar-refractivity contribution is 1.14. The molecule has 0 aliphatic heterocycles. The number of benzene rings is 2. The van der Waals surface area contributed by atoms with Gasteiger partial charge in [-0.15, -0.1) is 0 Å². The minimum atomic E-state index is 0.754. The van der Waals surface area contributed by atoms with Crippen LogP contribution < -0.4 is 5.32 Å². The van der Waals surface area contributed by atoms with Crippen molar-refractivity contribution in [1.82, 2.24) is 0 Å². The highest BCUT2D eigenvalue weighted by Crippen LogP contribution is 2.20. The van der Waals surface area contributed by atoms with E-state index in [0.717, 1.165) is 17.1 Å². The van der Waals surface area contributed by atoms with E-state index in [-0.39, 0.29) is 0 Å². The molecule has 0 spiro atoms. The zero-order valence-corrected chi connectivity index (χ0v) is 10.9. The quantitative estimate of drug-likeness (QED) is 0.835. The molecule has 0 amide bonds. The number of anilines is 1. The maximum atomic E-state index is 6.12. The zero-order chi connectivity index (χ0) is 12.3. The van der Waals surface area contributed by atoms with Crippen molar-refractivity contribution in [3.8, 4) is 0 Å². The fourth-order valence-electron chi connectivity index (χ4n) is 1.76. The third kappa shape index (κ3) is 3.01. The number of rotatable bonds is 3. The summed E-state index contributed by atoms with van der Waals surface area (Å²) in [7, 11) is 0. The van der Waals surface area contributed by atoms with Crippen LogP contribution in [0.4, 0.5) is 5.69 Å². The third-order valence-electron chi connectivity index (χ3n) is 2.82. The molecule has 88 valence electrons. The summed E-state index contributed by atoms with van der Waals surface area (Å²) in [4.78, 5) is 0. The van der Waals surface area contributed by atoms with Gasteiger partial charge in [-0.3, -0.25) is 0 Å². The van der Waals surface area contributed by atoms with Gasteiger partial charge in [-0.05, 0) is 42.7 Å². The molecule has 0 heterocycles. The van der Waals surface area contributed by atoms with Gasteiger partial charge in [-0.2, -0.15) is 0 Å². The molecule has 1 N–H and O–H groups in total. The summed E-state index contributed by atoms with van der Waals surface area (Å²) in [6, 6.07) is 14.3. The lowest BCUT2D eigenvalue weighted by atomic mass is 10.1. The van der Waals surface area contributed by atoms with Gasteiger partial charge in [0, 0.05) is 17.3 Å². The van der Waals surface area contributed by atoms with Crippen molar-refractivity contribution in [2.24, 2.45) is 0 Å². The molecule has 0 bridgehead atoms. The second kappa shape index (κ2) is 5.24. The largest absolute Gasteiger partial charge is 0.381 e. The fraction of sp³-hybridized carbons (Fsp3) is 0.200. The van der Waals surface area contributed by atoms with E-state index in [1.165, 1.54) is 16.8 Å². The second-order valence-electron chi connectivity index (χ2n) is 4.26. The van der Waals surface area contributed by atoms with Crippen LogP contribution in [-0.4, -0.2) is 0 Å². The molecule has 0 atom stereocenters. The first-order valence-electron chi connectivity index (χ1n) is 5.71. The number of aryl methyl sites for hydroxylation is 2. The highest BCUT2D eigenvalue weighted by atomic mass is 35.5. The normalized spacial score (nSPS) is 10.3. The second-order valence-corrected chi connectivity index (χ2v) is 4.67. The molecule has 0 saturated carbocycles. The van der Waals surface area contributed by atoms with Gasteiger partial charge in [0.25, 0.3) is 0 Å². The predicted octanol–water partition coefficient (Wildman–Crippen LogP) is 4.57. The Kier molecular flexibility index (Phi) is 3.70. The summed E-state index contributed by atoms with van der Waals surface area (Å²) in [5.41, 5.74) is 4.81. The minimum absolute atomic E-state index is 0.754. The first-order valence-corrected chi connectivity index (χ1v) is 6.09. The molecule has 2 aromatic carbocycles. The van der Waals surface area contributed by atoms with E-state index in [1.54, 1.807) is 0 Å². The van der Waals surface area contributed by atoms with Crippen molar-refractivity contribution < 1.29 is 0 Å². The Morgan fingerprint density at radius 1 is 1.06 bits per heavy atom. The van der Waals surface area contributed by atoms with Crippen LogP contribution >= 0.6 is 11.6 Å². The van der Waals surface area contributed by atoms with Gasteiger partial charge in [0.15, 0.2) is 0 Å². The van der Waals surface area contributed by atoms with Gasteiger partial charge >= 0.3 is 0 Å². The van der Waals surface area contributed by atoms with Crippen LogP contribution in [0.1, 0.15) is 16.7 Å². The summed E-state index contributed by atoms with van der Waals surface area (Å²) >= 11 is 6.12. The average Bonchev–Trinajstić information content (AvgIpc) is 2.32. The van der Waals surface area contributed by atoms with E-state index >= 15 is 0 Å². The van der Waals surface area contributed by atoms with Crippen LogP contribution in [0.3, 0.4) is 0 Å². The van der Waals surface area contributed by atoms with Gasteiger partial charge in [-0.25, -0.2) is 0 Å². The molecule has 0 aliphatic carbocycles. The zero-order valence-electron chi connectivity index (χ0n) is 10.1. The molecule has 17 heavy (non-hydrogen) atoms. The van der Waals surface area contributed by atoms with E-state index in [9.17, 15) is 0 Å². The Morgan fingerprint density at radius 3 is 2.59 bits per heavy atom. The molecule has 1 nitrogen and oxygen atoms in total. The van der Waals surface area contributed by atoms with E-state index < -0.39 is 0 Å². The Bertz CT molecular complexity index is 520. The van der Waals surface area contributed by atoms with Crippen LogP contribution in [0, 0.1) is 13.8 Å². The van der Waals surface area contributed by atoms with E-state index in [1.807, 2.05) is 24.3 Å². The lowest BCUT2D eigenvalue weighted by Crippen LogP contribution is -2.01. The summed E-state index contributed by atoms with van der Waals surface area (Å²) in [6.07, 6.45) is 0. The Morgan fingerprint density at radius 2 is 1.82 bits per heavy atom. The molecule has 2 aromatic rings. The van der Waals surface area contributed by atoms with Crippen LogP contribution in [0.25, 0.3) is 0 Å². The molecular formula is C15H16ClN. The molecule has 0 radical (unpaired) electrons. The highest BCUT2D eigenvalue weighted by Gasteiger charge is 2.01. The van der Waals surface area contributed by atoms with Crippen LogP contribution in [-0.2, 0) is 6.54 Å². The van der Waals surface area contributed by atoms with Gasteiger partial charge in [0.1, 0.15) is 0 Å². The minimum Gasteiger partial charge on any atom is -0.381 e. The Labute approximate surface area is 107 Å². The number of hydrogen-bond acceptors (Lipinski definition) is 1. The number of halogens is 1. The first kappa shape index (κ1) is 12.0. The predicted molar refractivity (Wildman–Crippen MR) is 74.7 cm³/mol. The van der Waals surface area contributed by atoms with Crippen LogP contribution in [0.2, 0.25) is 5.02 Å². The van der Waals surface area contributed by atoms with E-state index in [4.69, 9.17) is 11.6 Å². The molecule has 0 aliphatic rings. The standard InChI is InChI=1S/C15H16ClN/c1-11-7-8-12(2)15(9-11)17-10-13-5-3-4-6-14(13)16/h3-9,17H,10H2,1-2H3. The van der Waals surface area contributed by atoms with Crippen molar-refractivity contribution in [2.45, 2.75) is 20.4 Å². The molecule has 2 rings (SSSR count). The average molecular weight is 246 g/mol. The van der Waals surface area contributed by atoms with Crippen molar-refractivity contribution in [1.29, 1.82) is 0 Å². The van der Waals surface area contributed by atoms with Gasteiger partial charge in [-0.1, -0.05) is 41.9 Å². The maximum absolute atomic E-state index is 6.12. The van der Waals surface area contributed by atoms with Crippen molar-refractivity contribution in [3.63, 3.8) is 0 Å². The number of nitrogens with one attached hydrogen (secondary N) is 1. The monoisotopic (exact) mass is 245 g/mol. The van der Waals surface area contributed by atoms with Crippen LogP contribution in [0.15, 0.2) is 42.5 Å². The third-order valence-corrected chi connectivity index (χ3v) is 3.19. The molecular weight excluding hydrogens is 230 g/mol. The molecule has 0 fully saturated rings. The topological polar surface area (TPSA) is 12.0 Å². The summed E-state index contributed by atoms with van der Waals surface area (Å²) < 4.78 is 0. The summed E-state index contributed by atoms with van der Waals surface area (Å²) in [6.45, 7) is 4.96. The Hall–Kier alpha value is -1.47. The van der Waals surface area contributed by atoms with E-state index in [2.05, 4.69) is 37.4 Å². The fourth-order valence-corrected chi connectivity index (χ4v) is 1.96. The molecule has 0 saturated heterocycles. The van der Waals surface area contributed by atoms with Gasteiger partial charge in [0.2, 0.25) is 0 Å². The molecule has 0 aromatic heterocycles. The van der Waals surface area contributed by atoms with Gasteiger partial charge < -0.3 is 5.32 Å². The maximum Gasteiger partial charge on any atom is 0.0455 e. The summed E-state index contributed by atoms with van der Waals surface area (Å²) in [5, 5.41) is 4.24. The molecule has 2 heteroatoms. The molecule has 0 unspecified atom stereocenters. The SMILES string of the molecule is Cc1ccc(C)c(NCc2ccccc2Cl)c1.